The molecule has 152 valence electrons. The van der Waals surface area contributed by atoms with E-state index in [0.29, 0.717) is 18.2 Å². The number of sulfonamides is 1. The Hall–Kier alpha value is -2.65. The van der Waals surface area contributed by atoms with E-state index in [1.807, 2.05) is 0 Å². The van der Waals surface area contributed by atoms with Crippen molar-refractivity contribution in [2.75, 3.05) is 6.54 Å². The molecule has 9 heteroatoms. The predicted molar refractivity (Wildman–Crippen MR) is 99.8 cm³/mol. The van der Waals surface area contributed by atoms with Crippen molar-refractivity contribution in [1.29, 1.82) is 0 Å². The molecule has 0 aliphatic carbocycles. The van der Waals surface area contributed by atoms with Gasteiger partial charge in [-0.3, -0.25) is 0 Å². The van der Waals surface area contributed by atoms with Gasteiger partial charge in [0.1, 0.15) is 5.58 Å². The third-order valence-electron chi connectivity index (χ3n) is 5.03. The summed E-state index contributed by atoms with van der Waals surface area (Å²) in [6, 6.07) is 10.8. The van der Waals surface area contributed by atoms with Crippen LogP contribution in [0.3, 0.4) is 0 Å². The lowest BCUT2D eigenvalue weighted by atomic mass is 9.99. The van der Waals surface area contributed by atoms with Crippen molar-refractivity contribution in [1.82, 2.24) is 4.31 Å². The maximum atomic E-state index is 13.5. The van der Waals surface area contributed by atoms with Gasteiger partial charge in [-0.15, -0.1) is 0 Å². The highest BCUT2D eigenvalue weighted by molar-refractivity contribution is 7.89. The van der Waals surface area contributed by atoms with Gasteiger partial charge in [-0.2, -0.15) is 17.5 Å². The molecule has 2 aromatic carbocycles. The minimum Gasteiger partial charge on any atom is -0.423 e. The molecule has 1 saturated heterocycles. The lowest BCUT2D eigenvalue weighted by molar-refractivity contribution is -0.138. The van der Waals surface area contributed by atoms with Crippen LogP contribution in [-0.2, 0) is 16.2 Å². The van der Waals surface area contributed by atoms with Crippen LogP contribution in [0.4, 0.5) is 13.2 Å². The van der Waals surface area contributed by atoms with Crippen molar-refractivity contribution in [2.45, 2.75) is 30.0 Å². The fourth-order valence-electron chi connectivity index (χ4n) is 3.73. The van der Waals surface area contributed by atoms with Gasteiger partial charge in [0.2, 0.25) is 10.0 Å². The topological polar surface area (TPSA) is 67.6 Å². The zero-order valence-electron chi connectivity index (χ0n) is 15.0. The van der Waals surface area contributed by atoms with E-state index in [2.05, 4.69) is 0 Å². The Morgan fingerprint density at radius 2 is 1.79 bits per heavy atom. The molecule has 3 aromatic rings. The first-order valence-electron chi connectivity index (χ1n) is 8.90. The van der Waals surface area contributed by atoms with Crippen LogP contribution in [0.1, 0.15) is 30.0 Å². The minimum absolute atomic E-state index is 0.0483. The van der Waals surface area contributed by atoms with Gasteiger partial charge >= 0.3 is 11.8 Å². The monoisotopic (exact) mass is 423 g/mol. The molecule has 1 aliphatic heterocycles. The molecule has 2 heterocycles. The predicted octanol–water partition coefficient (Wildman–Crippen LogP) is 4.34. The summed E-state index contributed by atoms with van der Waals surface area (Å²) >= 11 is 0. The van der Waals surface area contributed by atoms with Crippen molar-refractivity contribution < 1.29 is 26.0 Å². The Labute approximate surface area is 164 Å². The third-order valence-corrected chi connectivity index (χ3v) is 6.93. The maximum Gasteiger partial charge on any atom is 0.416 e. The number of hydrogen-bond donors (Lipinski definition) is 0. The highest BCUT2D eigenvalue weighted by Gasteiger charge is 2.41. The van der Waals surface area contributed by atoms with Crippen molar-refractivity contribution in [3.05, 3.63) is 76.1 Å². The summed E-state index contributed by atoms with van der Waals surface area (Å²) in [4.78, 5) is 11.2. The van der Waals surface area contributed by atoms with Gasteiger partial charge in [0.25, 0.3) is 0 Å². The van der Waals surface area contributed by atoms with Gasteiger partial charge in [-0.1, -0.05) is 18.2 Å². The summed E-state index contributed by atoms with van der Waals surface area (Å²) in [6.07, 6.45) is -3.82. The molecule has 0 amide bonds. The second kappa shape index (κ2) is 7.00. The second-order valence-electron chi connectivity index (χ2n) is 6.81. The lowest BCUT2D eigenvalue weighted by Crippen LogP contribution is -2.31. The van der Waals surface area contributed by atoms with Crippen molar-refractivity contribution in [3.8, 4) is 0 Å². The summed E-state index contributed by atoms with van der Waals surface area (Å²) in [7, 11) is -4.05. The fourth-order valence-corrected chi connectivity index (χ4v) is 5.44. The second-order valence-corrected chi connectivity index (χ2v) is 8.70. The smallest absolute Gasteiger partial charge is 0.416 e. The lowest BCUT2D eigenvalue weighted by Gasteiger charge is -2.26. The van der Waals surface area contributed by atoms with Gasteiger partial charge in [-0.25, -0.2) is 13.2 Å². The first-order chi connectivity index (χ1) is 13.7. The quantitative estimate of drug-likeness (QED) is 0.588. The van der Waals surface area contributed by atoms with Crippen LogP contribution in [0.15, 0.2) is 68.7 Å². The van der Waals surface area contributed by atoms with E-state index in [1.165, 1.54) is 48.5 Å². The maximum absolute atomic E-state index is 13.5. The van der Waals surface area contributed by atoms with E-state index in [4.69, 9.17) is 4.42 Å². The van der Waals surface area contributed by atoms with E-state index >= 15 is 0 Å². The molecule has 4 rings (SSSR count). The molecular weight excluding hydrogens is 407 g/mol. The zero-order chi connectivity index (χ0) is 20.8. The molecule has 0 N–H and O–H groups in total. The van der Waals surface area contributed by atoms with Gasteiger partial charge < -0.3 is 4.42 Å². The molecular formula is C20H16F3NO4S. The molecule has 1 unspecified atom stereocenters. The van der Waals surface area contributed by atoms with E-state index < -0.39 is 33.4 Å². The van der Waals surface area contributed by atoms with E-state index in [9.17, 15) is 26.4 Å². The van der Waals surface area contributed by atoms with Gasteiger partial charge in [-0.05, 0) is 48.7 Å². The number of rotatable bonds is 3. The summed E-state index contributed by atoms with van der Waals surface area (Å²) in [5.74, 6) is 0. The van der Waals surface area contributed by atoms with Crippen molar-refractivity contribution in [3.63, 3.8) is 0 Å². The molecule has 0 radical (unpaired) electrons. The average Bonchev–Trinajstić information content (AvgIpc) is 3.17. The van der Waals surface area contributed by atoms with E-state index in [1.54, 1.807) is 0 Å². The molecule has 1 atom stereocenters. The Bertz CT molecular complexity index is 1230. The summed E-state index contributed by atoms with van der Waals surface area (Å²) in [5, 5.41) is 0.414. The molecule has 29 heavy (non-hydrogen) atoms. The van der Waals surface area contributed by atoms with Gasteiger partial charge in [0.15, 0.2) is 0 Å². The Morgan fingerprint density at radius 1 is 1.03 bits per heavy atom. The van der Waals surface area contributed by atoms with E-state index in [-0.39, 0.29) is 22.6 Å². The third kappa shape index (κ3) is 3.56. The summed E-state index contributed by atoms with van der Waals surface area (Å²) in [6.45, 7) is 0.126. The van der Waals surface area contributed by atoms with Crippen LogP contribution in [0.2, 0.25) is 0 Å². The molecule has 0 spiro atoms. The van der Waals surface area contributed by atoms with Gasteiger partial charge in [0, 0.05) is 18.0 Å². The number of hydrogen-bond acceptors (Lipinski definition) is 4. The fraction of sp³-hybridized carbons (Fsp3) is 0.250. The van der Waals surface area contributed by atoms with Crippen LogP contribution in [0.5, 0.6) is 0 Å². The number of fused-ring (bicyclic) bond motifs is 1. The van der Waals surface area contributed by atoms with Crippen molar-refractivity contribution in [2.24, 2.45) is 0 Å². The first kappa shape index (κ1) is 19.7. The molecule has 1 aromatic heterocycles. The van der Waals surface area contributed by atoms with Crippen LogP contribution < -0.4 is 5.63 Å². The first-order valence-corrected chi connectivity index (χ1v) is 10.3. The van der Waals surface area contributed by atoms with Crippen molar-refractivity contribution >= 4 is 21.0 Å². The summed E-state index contributed by atoms with van der Waals surface area (Å²) in [5.41, 5.74) is -1.20. The van der Waals surface area contributed by atoms with Crippen LogP contribution >= 0.6 is 0 Å². The molecule has 1 fully saturated rings. The number of benzene rings is 2. The largest absolute Gasteiger partial charge is 0.423 e. The van der Waals surface area contributed by atoms with Crippen LogP contribution in [-0.4, -0.2) is 19.3 Å². The SMILES string of the molecule is O=c1ccc2cc(S(=O)(=O)N3CCCC3c3ccccc3C(F)(F)F)ccc2o1. The molecule has 0 bridgehead atoms. The minimum atomic E-state index is -4.57. The number of alkyl halides is 3. The normalized spacial score (nSPS) is 18.4. The molecule has 5 nitrogen and oxygen atoms in total. The zero-order valence-corrected chi connectivity index (χ0v) is 15.8. The standard InChI is InChI=1S/C20H16F3NO4S/c21-20(22,23)16-5-2-1-4-15(16)17-6-3-11-24(17)29(26,27)14-8-9-18-13(12-14)7-10-19(25)28-18/h1-2,4-5,7-10,12,17H,3,6,11H2. The highest BCUT2D eigenvalue weighted by atomic mass is 32.2. The van der Waals surface area contributed by atoms with Crippen LogP contribution in [0, 0.1) is 0 Å². The highest BCUT2D eigenvalue weighted by Crippen LogP contribution is 2.42. The Balaban J connectivity index is 1.78. The van der Waals surface area contributed by atoms with Crippen LogP contribution in [0.25, 0.3) is 11.0 Å². The Morgan fingerprint density at radius 3 is 2.55 bits per heavy atom. The average molecular weight is 423 g/mol. The molecule has 0 saturated carbocycles. The Kier molecular flexibility index (Phi) is 4.74. The van der Waals surface area contributed by atoms with E-state index in [0.717, 1.165) is 10.4 Å². The van der Waals surface area contributed by atoms with Gasteiger partial charge in [0.05, 0.1) is 16.5 Å². The molecule has 1 aliphatic rings. The number of halogens is 3. The summed E-state index contributed by atoms with van der Waals surface area (Å²) < 4.78 is 73.0. The number of nitrogens with zero attached hydrogens (tertiary/aromatic N) is 1.